The van der Waals surface area contributed by atoms with E-state index in [-0.39, 0.29) is 17.9 Å². The zero-order valence-corrected chi connectivity index (χ0v) is 16.0. The normalized spacial score (nSPS) is 21.8. The Balaban J connectivity index is 1.43. The first-order valence-corrected chi connectivity index (χ1v) is 10.0. The Bertz CT molecular complexity index is 900. The van der Waals surface area contributed by atoms with Crippen LogP contribution in [0, 0.1) is 0 Å². The van der Waals surface area contributed by atoms with Crippen molar-refractivity contribution in [2.75, 3.05) is 0 Å². The van der Waals surface area contributed by atoms with Crippen LogP contribution in [0.3, 0.4) is 0 Å². The number of rotatable bonds is 5. The van der Waals surface area contributed by atoms with Crippen molar-refractivity contribution in [2.24, 2.45) is 0 Å². The molecular formula is C21H26N4O3. The highest BCUT2D eigenvalue weighted by Gasteiger charge is 2.43. The highest BCUT2D eigenvalue weighted by Crippen LogP contribution is 2.22. The van der Waals surface area contributed by atoms with Gasteiger partial charge in [0.2, 0.25) is 5.91 Å². The fraction of sp³-hybridized carbons (Fsp3) is 0.476. The number of hydrogen-bond acceptors (Lipinski definition) is 3. The first kappa shape index (κ1) is 18.5. The van der Waals surface area contributed by atoms with Gasteiger partial charge >= 0.3 is 6.03 Å². The van der Waals surface area contributed by atoms with Crippen molar-refractivity contribution in [1.82, 2.24) is 20.5 Å². The summed E-state index contributed by atoms with van der Waals surface area (Å²) in [6.45, 7) is 1.61. The lowest BCUT2D eigenvalue weighted by atomic mass is 9.95. The fourth-order valence-electron chi connectivity index (χ4n) is 4.26. The maximum absolute atomic E-state index is 12.9. The SMILES string of the molecule is C[C@H](C(=O)NC1CCCCC1)N1C(=O)N[C@H](Cc2c[nH]c3ccccc23)C1=O. The minimum atomic E-state index is -0.817. The number of benzene rings is 1. The Morgan fingerprint density at radius 1 is 1.21 bits per heavy atom. The van der Waals surface area contributed by atoms with E-state index in [4.69, 9.17) is 0 Å². The number of carbonyl (C=O) groups is 3. The van der Waals surface area contributed by atoms with Gasteiger partial charge in [-0.15, -0.1) is 0 Å². The lowest BCUT2D eigenvalue weighted by molar-refractivity contribution is -0.135. The number of amides is 4. The molecule has 1 saturated carbocycles. The molecule has 7 nitrogen and oxygen atoms in total. The molecule has 4 rings (SSSR count). The van der Waals surface area contributed by atoms with Crippen LogP contribution in [0.15, 0.2) is 30.5 Å². The highest BCUT2D eigenvalue weighted by atomic mass is 16.2. The maximum atomic E-state index is 12.9. The standard InChI is InChI=1S/C21H26N4O3/c1-13(19(26)23-15-7-3-2-4-8-15)25-20(27)18(24-21(25)28)11-14-12-22-17-10-6-5-9-16(14)17/h5-6,9-10,12-13,15,18,22H,2-4,7-8,11H2,1H3,(H,23,26)(H,24,28)/t13-,18-/m1/s1. The summed E-state index contributed by atoms with van der Waals surface area (Å²) in [5.74, 6) is -0.607. The van der Waals surface area contributed by atoms with Crippen LogP contribution in [0.1, 0.15) is 44.6 Å². The van der Waals surface area contributed by atoms with Gasteiger partial charge in [0.25, 0.3) is 5.91 Å². The lowest BCUT2D eigenvalue weighted by Crippen LogP contribution is -2.51. The topological polar surface area (TPSA) is 94.3 Å². The van der Waals surface area contributed by atoms with Crippen LogP contribution >= 0.6 is 0 Å². The number of H-pyrrole nitrogens is 1. The Morgan fingerprint density at radius 2 is 1.96 bits per heavy atom. The quantitative estimate of drug-likeness (QED) is 0.694. The van der Waals surface area contributed by atoms with E-state index in [0.29, 0.717) is 6.42 Å². The number of para-hydroxylation sites is 1. The molecule has 0 unspecified atom stereocenters. The predicted octanol–water partition coefficient (Wildman–Crippen LogP) is 2.47. The molecule has 1 aliphatic carbocycles. The van der Waals surface area contributed by atoms with E-state index in [1.807, 2.05) is 30.5 Å². The van der Waals surface area contributed by atoms with Gasteiger partial charge in [-0.2, -0.15) is 0 Å². The smallest absolute Gasteiger partial charge is 0.325 e. The molecule has 148 valence electrons. The molecule has 0 bridgehead atoms. The molecule has 0 radical (unpaired) electrons. The molecule has 7 heteroatoms. The number of fused-ring (bicyclic) bond motifs is 1. The third kappa shape index (κ3) is 3.48. The van der Waals surface area contributed by atoms with Crippen molar-refractivity contribution in [3.05, 3.63) is 36.0 Å². The van der Waals surface area contributed by atoms with Crippen molar-refractivity contribution in [2.45, 2.75) is 63.6 Å². The van der Waals surface area contributed by atoms with Crippen LogP contribution in [0.5, 0.6) is 0 Å². The molecule has 1 aliphatic heterocycles. The minimum Gasteiger partial charge on any atom is -0.361 e. The number of carbonyl (C=O) groups excluding carboxylic acids is 3. The zero-order valence-electron chi connectivity index (χ0n) is 16.0. The third-order valence-electron chi connectivity index (χ3n) is 5.87. The van der Waals surface area contributed by atoms with Crippen molar-refractivity contribution >= 4 is 28.7 Å². The van der Waals surface area contributed by atoms with Gasteiger partial charge in [-0.25, -0.2) is 4.79 Å². The van der Waals surface area contributed by atoms with E-state index in [2.05, 4.69) is 15.6 Å². The van der Waals surface area contributed by atoms with Crippen LogP contribution in [0.25, 0.3) is 10.9 Å². The van der Waals surface area contributed by atoms with Crippen molar-refractivity contribution < 1.29 is 14.4 Å². The van der Waals surface area contributed by atoms with Crippen LogP contribution in [-0.4, -0.2) is 45.9 Å². The fourth-order valence-corrected chi connectivity index (χ4v) is 4.26. The predicted molar refractivity (Wildman–Crippen MR) is 106 cm³/mol. The summed E-state index contributed by atoms with van der Waals surface area (Å²) in [4.78, 5) is 42.1. The molecule has 2 heterocycles. The molecule has 0 spiro atoms. The van der Waals surface area contributed by atoms with Gasteiger partial charge in [0.15, 0.2) is 0 Å². The summed E-state index contributed by atoms with van der Waals surface area (Å²) < 4.78 is 0. The summed E-state index contributed by atoms with van der Waals surface area (Å²) in [6, 6.07) is 6.02. The first-order chi connectivity index (χ1) is 13.5. The highest BCUT2D eigenvalue weighted by molar-refractivity contribution is 6.07. The number of aromatic nitrogens is 1. The molecule has 4 amide bonds. The summed E-state index contributed by atoms with van der Waals surface area (Å²) >= 11 is 0. The molecule has 28 heavy (non-hydrogen) atoms. The summed E-state index contributed by atoms with van der Waals surface area (Å²) in [5.41, 5.74) is 1.96. The summed E-state index contributed by atoms with van der Waals surface area (Å²) in [6.07, 6.45) is 7.59. The summed E-state index contributed by atoms with van der Waals surface area (Å²) in [5, 5.41) is 6.78. The Hall–Kier alpha value is -2.83. The van der Waals surface area contributed by atoms with E-state index >= 15 is 0 Å². The van der Waals surface area contributed by atoms with Gasteiger partial charge < -0.3 is 15.6 Å². The van der Waals surface area contributed by atoms with Gasteiger partial charge in [-0.1, -0.05) is 37.5 Å². The Morgan fingerprint density at radius 3 is 2.75 bits per heavy atom. The molecule has 2 fully saturated rings. The second-order valence-electron chi connectivity index (χ2n) is 7.79. The number of aromatic amines is 1. The van der Waals surface area contributed by atoms with E-state index in [1.165, 1.54) is 6.42 Å². The Kier molecular flexibility index (Phi) is 5.07. The molecule has 3 N–H and O–H groups in total. The molecule has 2 atom stereocenters. The molecule has 2 aromatic rings. The largest absolute Gasteiger partial charge is 0.361 e. The molecule has 1 aromatic heterocycles. The van der Waals surface area contributed by atoms with Crippen molar-refractivity contribution in [1.29, 1.82) is 0 Å². The molecule has 2 aliphatic rings. The van der Waals surface area contributed by atoms with E-state index < -0.39 is 18.1 Å². The van der Waals surface area contributed by atoms with Gasteiger partial charge in [0.05, 0.1) is 0 Å². The first-order valence-electron chi connectivity index (χ1n) is 10.0. The molecule has 1 saturated heterocycles. The van der Waals surface area contributed by atoms with Gasteiger partial charge in [-0.3, -0.25) is 14.5 Å². The molecular weight excluding hydrogens is 356 g/mol. The van der Waals surface area contributed by atoms with Crippen LogP contribution in [0.2, 0.25) is 0 Å². The third-order valence-corrected chi connectivity index (χ3v) is 5.87. The average Bonchev–Trinajstić information content (AvgIpc) is 3.23. The second kappa shape index (κ2) is 7.66. The Labute approximate surface area is 163 Å². The van der Waals surface area contributed by atoms with Gasteiger partial charge in [-0.05, 0) is 31.4 Å². The number of nitrogens with zero attached hydrogens (tertiary/aromatic N) is 1. The minimum absolute atomic E-state index is 0.145. The van der Waals surface area contributed by atoms with E-state index in [9.17, 15) is 14.4 Å². The monoisotopic (exact) mass is 382 g/mol. The average molecular weight is 382 g/mol. The lowest BCUT2D eigenvalue weighted by Gasteiger charge is -2.27. The summed E-state index contributed by atoms with van der Waals surface area (Å²) in [7, 11) is 0. The molecule has 1 aromatic carbocycles. The van der Waals surface area contributed by atoms with Crippen molar-refractivity contribution in [3.8, 4) is 0 Å². The number of nitrogens with one attached hydrogen (secondary N) is 3. The number of urea groups is 1. The van der Waals surface area contributed by atoms with E-state index in [0.717, 1.165) is 47.0 Å². The zero-order chi connectivity index (χ0) is 19.7. The van der Waals surface area contributed by atoms with Gasteiger partial charge in [0.1, 0.15) is 12.1 Å². The van der Waals surface area contributed by atoms with Crippen LogP contribution < -0.4 is 10.6 Å². The second-order valence-corrected chi connectivity index (χ2v) is 7.79. The van der Waals surface area contributed by atoms with Crippen molar-refractivity contribution in [3.63, 3.8) is 0 Å². The number of hydrogen-bond donors (Lipinski definition) is 3. The van der Waals surface area contributed by atoms with E-state index in [1.54, 1.807) is 6.92 Å². The number of imide groups is 1. The van der Waals surface area contributed by atoms with Crippen LogP contribution in [0.4, 0.5) is 4.79 Å². The maximum Gasteiger partial charge on any atom is 0.325 e. The van der Waals surface area contributed by atoms with Crippen LogP contribution in [-0.2, 0) is 16.0 Å². The van der Waals surface area contributed by atoms with Gasteiger partial charge in [0, 0.05) is 29.6 Å².